The first kappa shape index (κ1) is 18.1. The van der Waals surface area contributed by atoms with Gasteiger partial charge in [0.25, 0.3) is 11.8 Å². The van der Waals surface area contributed by atoms with Gasteiger partial charge in [0.15, 0.2) is 5.11 Å². The molecule has 0 radical (unpaired) electrons. The van der Waals surface area contributed by atoms with Crippen LogP contribution < -0.4 is 4.74 Å². The molecule has 0 atom stereocenters. The number of hydrogen-bond donors (Lipinski definition) is 0. The molecule has 0 aromatic heterocycles. The number of likely N-dealkylation sites (N-methyl/N-ethyl adjacent to an activating group) is 2. The highest BCUT2D eigenvalue weighted by atomic mass is 32.1. The van der Waals surface area contributed by atoms with Crippen LogP contribution in [0.4, 0.5) is 0 Å². The predicted octanol–water partition coefficient (Wildman–Crippen LogP) is 2.59. The van der Waals surface area contributed by atoms with Crippen LogP contribution >= 0.6 is 12.2 Å². The Morgan fingerprint density at radius 3 is 2.08 bits per heavy atom. The number of amides is 2. The largest absolute Gasteiger partial charge is 0.496 e. The van der Waals surface area contributed by atoms with Crippen molar-refractivity contribution >= 4 is 35.2 Å². The molecule has 1 saturated heterocycles. The summed E-state index contributed by atoms with van der Waals surface area (Å²) in [5.74, 6) is -0.00573. The highest BCUT2D eigenvalue weighted by Crippen LogP contribution is 2.32. The number of methoxy groups -OCH3 is 1. The van der Waals surface area contributed by atoms with Crippen molar-refractivity contribution in [1.82, 2.24) is 9.80 Å². The van der Waals surface area contributed by atoms with Gasteiger partial charge in [-0.05, 0) is 41.4 Å². The third-order valence-corrected chi connectivity index (χ3v) is 4.53. The van der Waals surface area contributed by atoms with Crippen molar-refractivity contribution in [2.24, 2.45) is 0 Å². The second-order valence-electron chi connectivity index (χ2n) is 6.78. The van der Waals surface area contributed by atoms with E-state index in [0.29, 0.717) is 0 Å². The van der Waals surface area contributed by atoms with E-state index < -0.39 is 11.8 Å². The summed E-state index contributed by atoms with van der Waals surface area (Å²) in [5.41, 5.74) is 1.74. The molecule has 1 aliphatic heterocycles. The van der Waals surface area contributed by atoms with Crippen molar-refractivity contribution in [3.8, 4) is 5.75 Å². The molecular formula is C18H22N2O3S. The number of nitrogens with zero attached hydrogens (tertiary/aromatic N) is 2. The third kappa shape index (κ3) is 3.19. The number of thiocarbonyl (C=S) groups is 1. The lowest BCUT2D eigenvalue weighted by Crippen LogP contribution is -2.52. The van der Waals surface area contributed by atoms with Crippen LogP contribution in [0.15, 0.2) is 23.8 Å². The number of rotatable bonds is 2. The molecule has 0 N–H and O–H groups in total. The van der Waals surface area contributed by atoms with Gasteiger partial charge >= 0.3 is 0 Å². The van der Waals surface area contributed by atoms with E-state index in [1.54, 1.807) is 27.3 Å². The van der Waals surface area contributed by atoms with Gasteiger partial charge in [-0.1, -0.05) is 26.8 Å². The standard InChI is InChI=1S/C18H22N2O3S/c1-18(2,3)13-10-11(7-8-14(13)23-6)9-12-15(21)19(4)17(24)20(5)16(12)22/h7-10H,1-6H3. The summed E-state index contributed by atoms with van der Waals surface area (Å²) in [5, 5.41) is 0.201. The normalized spacial score (nSPS) is 15.9. The van der Waals surface area contributed by atoms with Crippen molar-refractivity contribution < 1.29 is 14.3 Å². The molecule has 1 aromatic rings. The minimum absolute atomic E-state index is 0.0960. The second kappa shape index (κ2) is 6.36. The highest BCUT2D eigenvalue weighted by Gasteiger charge is 2.35. The van der Waals surface area contributed by atoms with Crippen LogP contribution in [0.25, 0.3) is 6.08 Å². The molecular weight excluding hydrogens is 324 g/mol. The van der Waals surface area contributed by atoms with E-state index in [1.807, 2.05) is 18.2 Å². The molecule has 1 aromatic carbocycles. The Kier molecular flexibility index (Phi) is 4.80. The summed E-state index contributed by atoms with van der Waals surface area (Å²) < 4.78 is 5.42. The maximum atomic E-state index is 12.4. The second-order valence-corrected chi connectivity index (χ2v) is 7.14. The summed E-state index contributed by atoms with van der Waals surface area (Å²) in [4.78, 5) is 27.4. The molecule has 0 aliphatic carbocycles. The Morgan fingerprint density at radius 2 is 1.62 bits per heavy atom. The van der Waals surface area contributed by atoms with Crippen LogP contribution in [-0.2, 0) is 15.0 Å². The van der Waals surface area contributed by atoms with E-state index >= 15 is 0 Å². The Bertz CT molecular complexity index is 721. The number of carbonyl (C=O) groups excluding carboxylic acids is 2. The van der Waals surface area contributed by atoms with Crippen LogP contribution in [0.2, 0.25) is 0 Å². The molecule has 24 heavy (non-hydrogen) atoms. The fourth-order valence-corrected chi connectivity index (χ4v) is 2.71. The molecule has 0 saturated carbocycles. The zero-order valence-corrected chi connectivity index (χ0v) is 15.7. The van der Waals surface area contributed by atoms with Gasteiger partial charge in [0.1, 0.15) is 11.3 Å². The SMILES string of the molecule is COc1ccc(C=C2C(=O)N(C)C(=S)N(C)C2=O)cc1C(C)(C)C. The molecule has 1 heterocycles. The molecule has 6 heteroatoms. The zero-order chi connectivity index (χ0) is 18.2. The number of benzene rings is 1. The summed E-state index contributed by atoms with van der Waals surface area (Å²) in [7, 11) is 4.76. The first-order valence-corrected chi connectivity index (χ1v) is 7.99. The highest BCUT2D eigenvalue weighted by molar-refractivity contribution is 7.80. The molecule has 2 rings (SSSR count). The average Bonchev–Trinajstić information content (AvgIpc) is 2.54. The van der Waals surface area contributed by atoms with Crippen molar-refractivity contribution in [2.45, 2.75) is 26.2 Å². The van der Waals surface area contributed by atoms with E-state index in [1.165, 1.54) is 9.80 Å². The van der Waals surface area contributed by atoms with Crippen molar-refractivity contribution in [2.75, 3.05) is 21.2 Å². The smallest absolute Gasteiger partial charge is 0.265 e. The number of hydrogen-bond acceptors (Lipinski definition) is 4. The summed E-state index contributed by atoms with van der Waals surface area (Å²) >= 11 is 5.09. The summed E-state index contributed by atoms with van der Waals surface area (Å²) in [6.07, 6.45) is 1.61. The Hall–Kier alpha value is -2.21. The fraction of sp³-hybridized carbons (Fsp3) is 0.389. The van der Waals surface area contributed by atoms with Crippen LogP contribution in [0, 0.1) is 0 Å². The first-order chi connectivity index (χ1) is 11.1. The lowest BCUT2D eigenvalue weighted by Gasteiger charge is -2.31. The first-order valence-electron chi connectivity index (χ1n) is 7.58. The minimum Gasteiger partial charge on any atom is -0.496 e. The molecule has 5 nitrogen and oxygen atoms in total. The van der Waals surface area contributed by atoms with Gasteiger partial charge < -0.3 is 4.74 Å². The zero-order valence-electron chi connectivity index (χ0n) is 14.8. The van der Waals surface area contributed by atoms with Gasteiger partial charge in [-0.25, -0.2) is 0 Å². The average molecular weight is 346 g/mol. The van der Waals surface area contributed by atoms with Crippen LogP contribution in [0.5, 0.6) is 5.75 Å². The van der Waals surface area contributed by atoms with Crippen molar-refractivity contribution in [3.63, 3.8) is 0 Å². The molecule has 1 aliphatic rings. The number of ether oxygens (including phenoxy) is 1. The van der Waals surface area contributed by atoms with Gasteiger partial charge in [-0.15, -0.1) is 0 Å². The topological polar surface area (TPSA) is 49.9 Å². The third-order valence-electron chi connectivity index (χ3n) is 3.99. The van der Waals surface area contributed by atoms with Gasteiger partial charge in [-0.2, -0.15) is 0 Å². The maximum absolute atomic E-state index is 12.4. The molecule has 0 spiro atoms. The van der Waals surface area contributed by atoms with Gasteiger partial charge in [-0.3, -0.25) is 19.4 Å². The van der Waals surface area contributed by atoms with E-state index in [2.05, 4.69) is 20.8 Å². The number of carbonyl (C=O) groups is 2. The molecule has 0 bridgehead atoms. The predicted molar refractivity (Wildman–Crippen MR) is 97.8 cm³/mol. The van der Waals surface area contributed by atoms with Gasteiger partial charge in [0.2, 0.25) is 0 Å². The van der Waals surface area contributed by atoms with E-state index in [4.69, 9.17) is 17.0 Å². The van der Waals surface area contributed by atoms with Gasteiger partial charge in [0.05, 0.1) is 7.11 Å². The fourth-order valence-electron chi connectivity index (χ4n) is 2.54. The van der Waals surface area contributed by atoms with E-state index in [-0.39, 0.29) is 16.1 Å². The summed E-state index contributed by atoms with van der Waals surface area (Å²) in [6.45, 7) is 6.25. The minimum atomic E-state index is -0.392. The Labute approximate surface area is 147 Å². The Morgan fingerprint density at radius 1 is 1.08 bits per heavy atom. The molecule has 0 unspecified atom stereocenters. The van der Waals surface area contributed by atoms with Gasteiger partial charge in [0, 0.05) is 19.7 Å². The maximum Gasteiger partial charge on any atom is 0.265 e. The summed E-state index contributed by atoms with van der Waals surface area (Å²) in [6, 6.07) is 5.62. The molecule has 128 valence electrons. The van der Waals surface area contributed by atoms with Crippen LogP contribution in [0.1, 0.15) is 31.9 Å². The molecule has 2 amide bonds. The van der Waals surface area contributed by atoms with Crippen LogP contribution in [-0.4, -0.2) is 47.9 Å². The van der Waals surface area contributed by atoms with Crippen LogP contribution in [0.3, 0.4) is 0 Å². The lowest BCUT2D eigenvalue weighted by molar-refractivity contribution is -0.132. The lowest BCUT2D eigenvalue weighted by atomic mass is 9.85. The molecule has 1 fully saturated rings. The van der Waals surface area contributed by atoms with E-state index in [9.17, 15) is 9.59 Å². The van der Waals surface area contributed by atoms with E-state index in [0.717, 1.165) is 16.9 Å². The quantitative estimate of drug-likeness (QED) is 0.469. The Balaban J connectivity index is 2.53. The van der Waals surface area contributed by atoms with Crippen molar-refractivity contribution in [3.05, 3.63) is 34.9 Å². The monoisotopic (exact) mass is 346 g/mol. The van der Waals surface area contributed by atoms with Crippen molar-refractivity contribution in [1.29, 1.82) is 0 Å².